The molecule has 1 saturated carbocycles. The van der Waals surface area contributed by atoms with Gasteiger partial charge in [-0.15, -0.1) is 5.10 Å². The van der Waals surface area contributed by atoms with Crippen LogP contribution in [0.3, 0.4) is 0 Å². The van der Waals surface area contributed by atoms with Crippen molar-refractivity contribution < 1.29 is 0 Å². The van der Waals surface area contributed by atoms with Crippen molar-refractivity contribution in [3.63, 3.8) is 0 Å². The normalized spacial score (nSPS) is 26.8. The zero-order valence-electron chi connectivity index (χ0n) is 12.2. The highest BCUT2D eigenvalue weighted by atomic mass is 15.2. The van der Waals surface area contributed by atoms with Crippen molar-refractivity contribution in [1.82, 2.24) is 10.2 Å². The summed E-state index contributed by atoms with van der Waals surface area (Å²) in [4.78, 5) is 0. The quantitative estimate of drug-likeness (QED) is 0.884. The Morgan fingerprint density at radius 2 is 1.95 bits per heavy atom. The van der Waals surface area contributed by atoms with Gasteiger partial charge in [-0.1, -0.05) is 26.7 Å². The van der Waals surface area contributed by atoms with Crippen molar-refractivity contribution in [1.29, 1.82) is 5.26 Å². The molecule has 0 radical (unpaired) electrons. The third kappa shape index (κ3) is 2.70. The molecule has 19 heavy (non-hydrogen) atoms. The average Bonchev–Trinajstić information content (AvgIpc) is 2.39. The Morgan fingerprint density at radius 3 is 2.63 bits per heavy atom. The van der Waals surface area contributed by atoms with Crippen molar-refractivity contribution in [3.05, 3.63) is 16.8 Å². The lowest BCUT2D eigenvalue weighted by Gasteiger charge is -2.35. The summed E-state index contributed by atoms with van der Waals surface area (Å²) in [6.07, 6.45) is 3.68. The van der Waals surface area contributed by atoms with Crippen LogP contribution in [-0.2, 0) is 0 Å². The van der Waals surface area contributed by atoms with Gasteiger partial charge in [-0.2, -0.15) is 10.4 Å². The zero-order valence-corrected chi connectivity index (χ0v) is 12.2. The summed E-state index contributed by atoms with van der Waals surface area (Å²) >= 11 is 0. The van der Waals surface area contributed by atoms with Gasteiger partial charge in [0.25, 0.3) is 0 Å². The molecule has 0 spiro atoms. The molecule has 1 heterocycles. The lowest BCUT2D eigenvalue weighted by molar-refractivity contribution is 0.252. The van der Waals surface area contributed by atoms with E-state index >= 15 is 0 Å². The number of nitrogens with one attached hydrogen (secondary N) is 1. The fourth-order valence-electron chi connectivity index (χ4n) is 2.81. The summed E-state index contributed by atoms with van der Waals surface area (Å²) in [6.45, 7) is 8.40. The zero-order chi connectivity index (χ0) is 14.0. The number of hydrogen-bond acceptors (Lipinski definition) is 4. The van der Waals surface area contributed by atoms with Crippen LogP contribution in [0.5, 0.6) is 0 Å². The van der Waals surface area contributed by atoms with Crippen LogP contribution in [-0.4, -0.2) is 16.2 Å². The van der Waals surface area contributed by atoms with Crippen LogP contribution in [0, 0.1) is 37.0 Å². The molecule has 0 aromatic carbocycles. The van der Waals surface area contributed by atoms with Gasteiger partial charge in [0.1, 0.15) is 11.6 Å². The van der Waals surface area contributed by atoms with E-state index in [9.17, 15) is 5.26 Å². The predicted octanol–water partition coefficient (Wildman–Crippen LogP) is 3.20. The van der Waals surface area contributed by atoms with Crippen LogP contribution in [0.4, 0.5) is 5.82 Å². The Hall–Kier alpha value is -1.63. The summed E-state index contributed by atoms with van der Waals surface area (Å²) in [6, 6.07) is 2.65. The van der Waals surface area contributed by atoms with Crippen LogP contribution < -0.4 is 5.32 Å². The first-order valence-electron chi connectivity index (χ1n) is 7.05. The molecule has 1 aromatic heterocycles. The van der Waals surface area contributed by atoms with E-state index in [2.05, 4.69) is 35.4 Å². The fourth-order valence-corrected chi connectivity index (χ4v) is 2.81. The third-order valence-electron chi connectivity index (χ3n) is 4.60. The number of nitrogens with zero attached hydrogens (tertiary/aromatic N) is 3. The maximum Gasteiger partial charge on any atom is 0.167 e. The SMILES string of the molecule is Cc1nnc(NC2CCCC(C)C2C)c(C#N)c1C. The van der Waals surface area contributed by atoms with E-state index in [1.165, 1.54) is 12.8 Å². The van der Waals surface area contributed by atoms with E-state index in [0.29, 0.717) is 23.3 Å². The van der Waals surface area contributed by atoms with E-state index in [1.54, 1.807) is 0 Å². The molecule has 0 aliphatic heterocycles. The molecule has 3 unspecified atom stereocenters. The Labute approximate surface area is 115 Å². The van der Waals surface area contributed by atoms with Gasteiger partial charge >= 0.3 is 0 Å². The summed E-state index contributed by atoms with van der Waals surface area (Å²) in [5, 5.41) is 21.1. The van der Waals surface area contributed by atoms with Gasteiger partial charge in [-0.05, 0) is 37.7 Å². The van der Waals surface area contributed by atoms with Gasteiger partial charge in [-0.3, -0.25) is 0 Å². The molecule has 2 rings (SSSR count). The maximum atomic E-state index is 9.31. The molecule has 1 aliphatic carbocycles. The molecule has 1 N–H and O–H groups in total. The second-order valence-corrected chi connectivity index (χ2v) is 5.76. The van der Waals surface area contributed by atoms with Crippen LogP contribution in [0.15, 0.2) is 0 Å². The fraction of sp³-hybridized carbons (Fsp3) is 0.667. The van der Waals surface area contributed by atoms with Gasteiger partial charge in [0.15, 0.2) is 5.82 Å². The number of rotatable bonds is 2. The molecule has 1 aliphatic rings. The van der Waals surface area contributed by atoms with Gasteiger partial charge in [0.2, 0.25) is 0 Å². The van der Waals surface area contributed by atoms with Crippen LogP contribution in [0.2, 0.25) is 0 Å². The highest BCUT2D eigenvalue weighted by molar-refractivity contribution is 5.56. The second-order valence-electron chi connectivity index (χ2n) is 5.76. The van der Waals surface area contributed by atoms with Crippen LogP contribution in [0.1, 0.15) is 49.9 Å². The smallest absolute Gasteiger partial charge is 0.167 e. The summed E-state index contributed by atoms with van der Waals surface area (Å²) in [5.41, 5.74) is 2.39. The Kier molecular flexibility index (Phi) is 4.04. The number of hydrogen-bond donors (Lipinski definition) is 1. The molecule has 3 atom stereocenters. The second kappa shape index (κ2) is 5.56. The van der Waals surface area contributed by atoms with E-state index in [4.69, 9.17) is 0 Å². The van der Waals surface area contributed by atoms with Crippen molar-refractivity contribution in [2.45, 2.75) is 53.0 Å². The number of nitriles is 1. The first-order valence-corrected chi connectivity index (χ1v) is 7.05. The van der Waals surface area contributed by atoms with E-state index < -0.39 is 0 Å². The minimum atomic E-state index is 0.396. The lowest BCUT2D eigenvalue weighted by Crippen LogP contribution is -2.35. The maximum absolute atomic E-state index is 9.31. The monoisotopic (exact) mass is 258 g/mol. The van der Waals surface area contributed by atoms with E-state index in [0.717, 1.165) is 23.6 Å². The van der Waals surface area contributed by atoms with E-state index in [1.807, 2.05) is 13.8 Å². The molecular weight excluding hydrogens is 236 g/mol. The average molecular weight is 258 g/mol. The van der Waals surface area contributed by atoms with Crippen molar-refractivity contribution in [2.75, 3.05) is 5.32 Å². The minimum Gasteiger partial charge on any atom is -0.364 e. The Balaban J connectivity index is 2.24. The third-order valence-corrected chi connectivity index (χ3v) is 4.60. The summed E-state index contributed by atoms with van der Waals surface area (Å²) < 4.78 is 0. The van der Waals surface area contributed by atoms with Gasteiger partial charge < -0.3 is 5.32 Å². The largest absolute Gasteiger partial charge is 0.364 e. The Morgan fingerprint density at radius 1 is 1.21 bits per heavy atom. The molecule has 1 fully saturated rings. The summed E-state index contributed by atoms with van der Waals surface area (Å²) in [5.74, 6) is 1.97. The summed E-state index contributed by atoms with van der Waals surface area (Å²) in [7, 11) is 0. The molecule has 102 valence electrons. The van der Waals surface area contributed by atoms with Gasteiger partial charge in [0.05, 0.1) is 5.69 Å². The van der Waals surface area contributed by atoms with Crippen molar-refractivity contribution >= 4 is 5.82 Å². The highest BCUT2D eigenvalue weighted by Crippen LogP contribution is 2.32. The minimum absolute atomic E-state index is 0.396. The standard InChI is InChI=1S/C15H22N4/c1-9-6-5-7-14(10(9)2)17-15-13(8-16)11(3)12(4)18-19-15/h9-10,14H,5-7H2,1-4H3,(H,17,19). The van der Waals surface area contributed by atoms with Crippen LogP contribution in [0.25, 0.3) is 0 Å². The first-order chi connectivity index (χ1) is 9.04. The molecule has 0 bridgehead atoms. The highest BCUT2D eigenvalue weighted by Gasteiger charge is 2.28. The number of aryl methyl sites for hydroxylation is 1. The van der Waals surface area contributed by atoms with Crippen LogP contribution >= 0.6 is 0 Å². The molecule has 4 nitrogen and oxygen atoms in total. The molecule has 0 amide bonds. The van der Waals surface area contributed by atoms with E-state index in [-0.39, 0.29) is 0 Å². The topological polar surface area (TPSA) is 61.6 Å². The lowest BCUT2D eigenvalue weighted by atomic mass is 9.78. The van der Waals surface area contributed by atoms with Gasteiger partial charge in [0, 0.05) is 6.04 Å². The molecule has 1 aromatic rings. The first kappa shape index (κ1) is 13.8. The molecule has 0 saturated heterocycles. The van der Waals surface area contributed by atoms with Gasteiger partial charge in [-0.25, -0.2) is 0 Å². The molecular formula is C15H22N4. The number of anilines is 1. The number of aromatic nitrogens is 2. The van der Waals surface area contributed by atoms with Crippen molar-refractivity contribution in [3.8, 4) is 6.07 Å². The van der Waals surface area contributed by atoms with Crippen molar-refractivity contribution in [2.24, 2.45) is 11.8 Å². The Bertz CT molecular complexity index is 504. The molecule has 4 heteroatoms. The predicted molar refractivity (Wildman–Crippen MR) is 75.8 cm³/mol.